The van der Waals surface area contributed by atoms with E-state index in [0.717, 1.165) is 0 Å². The van der Waals surface area contributed by atoms with Crippen LogP contribution in [0.25, 0.3) is 11.1 Å². The Balaban J connectivity index is 2.04. The Kier molecular flexibility index (Phi) is 3.33. The van der Waals surface area contributed by atoms with Crippen LogP contribution in [0, 0.1) is 5.41 Å². The van der Waals surface area contributed by atoms with Gasteiger partial charge in [0.25, 0.3) is 0 Å². The SMILES string of the molecule is CC(C)(C)CNC(=O)Nc1ccc2[nH]c(=O)oc2c1. The number of fused-ring (bicyclic) bond motifs is 1. The van der Waals surface area contributed by atoms with E-state index in [1.807, 2.05) is 20.8 Å². The van der Waals surface area contributed by atoms with Crippen LogP contribution in [-0.2, 0) is 0 Å². The second-order valence-electron chi connectivity index (χ2n) is 5.59. The van der Waals surface area contributed by atoms with Crippen molar-refractivity contribution in [1.82, 2.24) is 10.3 Å². The maximum Gasteiger partial charge on any atom is 0.417 e. The zero-order chi connectivity index (χ0) is 14.0. The average molecular weight is 263 g/mol. The van der Waals surface area contributed by atoms with Crippen molar-refractivity contribution in [1.29, 1.82) is 0 Å². The molecule has 1 aromatic heterocycles. The summed E-state index contributed by atoms with van der Waals surface area (Å²) in [6.45, 7) is 6.68. The molecule has 1 heterocycles. The van der Waals surface area contributed by atoms with Gasteiger partial charge >= 0.3 is 11.8 Å². The van der Waals surface area contributed by atoms with Gasteiger partial charge in [0.1, 0.15) is 0 Å². The fourth-order valence-corrected chi connectivity index (χ4v) is 1.54. The van der Waals surface area contributed by atoms with E-state index in [-0.39, 0.29) is 11.4 Å². The molecule has 0 saturated carbocycles. The molecule has 2 aromatic rings. The Labute approximate surface area is 110 Å². The lowest BCUT2D eigenvalue weighted by atomic mass is 9.97. The third-order valence-corrected chi connectivity index (χ3v) is 2.46. The van der Waals surface area contributed by atoms with Crippen LogP contribution in [0.1, 0.15) is 20.8 Å². The maximum atomic E-state index is 11.7. The minimum atomic E-state index is -0.510. The number of oxazole rings is 1. The van der Waals surface area contributed by atoms with Crippen molar-refractivity contribution in [3.63, 3.8) is 0 Å². The predicted molar refractivity (Wildman–Crippen MR) is 73.3 cm³/mol. The lowest BCUT2D eigenvalue weighted by Gasteiger charge is -2.18. The van der Waals surface area contributed by atoms with E-state index in [1.54, 1.807) is 18.2 Å². The number of hydrogen-bond donors (Lipinski definition) is 3. The molecule has 0 aliphatic carbocycles. The van der Waals surface area contributed by atoms with E-state index in [1.165, 1.54) is 0 Å². The minimum absolute atomic E-state index is 0.0225. The third kappa shape index (κ3) is 3.61. The molecule has 6 nitrogen and oxygen atoms in total. The van der Waals surface area contributed by atoms with Crippen LogP contribution < -0.4 is 16.4 Å². The fraction of sp³-hybridized carbons (Fsp3) is 0.385. The normalized spacial score (nSPS) is 11.5. The summed E-state index contributed by atoms with van der Waals surface area (Å²) in [6, 6.07) is 4.70. The molecule has 2 amide bonds. The Hall–Kier alpha value is -2.24. The van der Waals surface area contributed by atoms with Gasteiger partial charge in [-0.25, -0.2) is 9.59 Å². The highest BCUT2D eigenvalue weighted by atomic mass is 16.4. The molecule has 102 valence electrons. The number of hydrogen-bond acceptors (Lipinski definition) is 3. The summed E-state index contributed by atoms with van der Waals surface area (Å²) >= 11 is 0. The van der Waals surface area contributed by atoms with Gasteiger partial charge in [-0.05, 0) is 17.5 Å². The van der Waals surface area contributed by atoms with Gasteiger partial charge in [0.05, 0.1) is 5.52 Å². The number of carbonyl (C=O) groups excluding carboxylic acids is 1. The molecule has 0 radical (unpaired) electrons. The van der Waals surface area contributed by atoms with E-state index in [0.29, 0.717) is 23.3 Å². The molecule has 0 bridgehead atoms. The van der Waals surface area contributed by atoms with E-state index < -0.39 is 5.76 Å². The maximum absolute atomic E-state index is 11.7. The largest absolute Gasteiger partial charge is 0.417 e. The van der Waals surface area contributed by atoms with Crippen LogP contribution in [0.4, 0.5) is 10.5 Å². The summed E-state index contributed by atoms with van der Waals surface area (Å²) in [7, 11) is 0. The van der Waals surface area contributed by atoms with Gasteiger partial charge in [-0.1, -0.05) is 20.8 Å². The first-order valence-electron chi connectivity index (χ1n) is 6.01. The van der Waals surface area contributed by atoms with Crippen LogP contribution in [0.15, 0.2) is 27.4 Å². The number of carbonyl (C=O) groups is 1. The van der Waals surface area contributed by atoms with Gasteiger partial charge in [-0.2, -0.15) is 0 Å². The summed E-state index contributed by atoms with van der Waals surface area (Å²) in [6.07, 6.45) is 0. The topological polar surface area (TPSA) is 87.1 Å². The van der Waals surface area contributed by atoms with Crippen molar-refractivity contribution in [2.45, 2.75) is 20.8 Å². The first kappa shape index (κ1) is 13.2. The molecular weight excluding hydrogens is 246 g/mol. The monoisotopic (exact) mass is 263 g/mol. The first-order valence-corrected chi connectivity index (χ1v) is 6.01. The molecule has 2 rings (SSSR count). The van der Waals surface area contributed by atoms with Gasteiger partial charge in [0.2, 0.25) is 0 Å². The quantitative estimate of drug-likeness (QED) is 0.776. The molecule has 3 N–H and O–H groups in total. The zero-order valence-electron chi connectivity index (χ0n) is 11.2. The van der Waals surface area contributed by atoms with Crippen molar-refractivity contribution in [3.05, 3.63) is 28.7 Å². The molecule has 0 saturated heterocycles. The summed E-state index contributed by atoms with van der Waals surface area (Å²) < 4.78 is 4.92. The predicted octanol–water partition coefficient (Wildman–Crippen LogP) is 2.29. The summed E-state index contributed by atoms with van der Waals surface area (Å²) in [5.41, 5.74) is 1.61. The second kappa shape index (κ2) is 4.79. The number of aromatic amines is 1. The Morgan fingerprint density at radius 3 is 2.79 bits per heavy atom. The third-order valence-electron chi connectivity index (χ3n) is 2.46. The second-order valence-corrected chi connectivity index (χ2v) is 5.59. The molecular formula is C13H17N3O3. The summed E-state index contributed by atoms with van der Waals surface area (Å²) in [4.78, 5) is 25.2. The Morgan fingerprint density at radius 1 is 1.37 bits per heavy atom. The lowest BCUT2D eigenvalue weighted by molar-refractivity contribution is 0.247. The van der Waals surface area contributed by atoms with Crippen molar-refractivity contribution >= 4 is 22.8 Å². The van der Waals surface area contributed by atoms with Gasteiger partial charge in [0, 0.05) is 18.3 Å². The lowest BCUT2D eigenvalue weighted by Crippen LogP contribution is -2.35. The number of amides is 2. The Bertz CT molecular complexity index is 649. The van der Waals surface area contributed by atoms with Gasteiger partial charge < -0.3 is 15.1 Å². The van der Waals surface area contributed by atoms with Gasteiger partial charge in [-0.15, -0.1) is 0 Å². The first-order chi connectivity index (χ1) is 8.83. The standard InChI is InChI=1S/C13H17N3O3/c1-13(2,3)7-14-11(17)15-8-4-5-9-10(6-8)19-12(18)16-9/h4-6H,7H2,1-3H3,(H,16,18)(H2,14,15,17). The van der Waals surface area contributed by atoms with Crippen LogP contribution in [0.3, 0.4) is 0 Å². The van der Waals surface area contributed by atoms with Crippen molar-refractivity contribution in [2.24, 2.45) is 5.41 Å². The average Bonchev–Trinajstić information content (AvgIpc) is 2.65. The van der Waals surface area contributed by atoms with E-state index in [4.69, 9.17) is 4.42 Å². The van der Waals surface area contributed by atoms with Crippen LogP contribution >= 0.6 is 0 Å². The summed E-state index contributed by atoms with van der Waals surface area (Å²) in [5, 5.41) is 5.46. The summed E-state index contributed by atoms with van der Waals surface area (Å²) in [5.74, 6) is -0.510. The van der Waals surface area contributed by atoms with E-state index in [9.17, 15) is 9.59 Å². The van der Waals surface area contributed by atoms with Gasteiger partial charge in [0.15, 0.2) is 5.58 Å². The van der Waals surface area contributed by atoms with E-state index in [2.05, 4.69) is 15.6 Å². The number of nitrogens with one attached hydrogen (secondary N) is 3. The molecule has 1 aromatic carbocycles. The van der Waals surface area contributed by atoms with Crippen LogP contribution in [-0.4, -0.2) is 17.6 Å². The molecule has 0 aliphatic heterocycles. The number of rotatable bonds is 2. The van der Waals surface area contributed by atoms with Gasteiger partial charge in [-0.3, -0.25) is 4.98 Å². The number of H-pyrrole nitrogens is 1. The minimum Gasteiger partial charge on any atom is -0.408 e. The molecule has 0 unspecified atom stereocenters. The molecule has 0 atom stereocenters. The van der Waals surface area contributed by atoms with Crippen molar-refractivity contribution in [3.8, 4) is 0 Å². The van der Waals surface area contributed by atoms with Crippen molar-refractivity contribution in [2.75, 3.05) is 11.9 Å². The highest BCUT2D eigenvalue weighted by molar-refractivity contribution is 5.91. The molecule has 6 heteroatoms. The number of benzene rings is 1. The molecule has 0 fully saturated rings. The molecule has 0 spiro atoms. The van der Waals surface area contributed by atoms with Crippen LogP contribution in [0.5, 0.6) is 0 Å². The van der Waals surface area contributed by atoms with Crippen LogP contribution in [0.2, 0.25) is 0 Å². The highest BCUT2D eigenvalue weighted by Crippen LogP contribution is 2.16. The highest BCUT2D eigenvalue weighted by Gasteiger charge is 2.12. The van der Waals surface area contributed by atoms with Crippen molar-refractivity contribution < 1.29 is 9.21 Å². The number of aromatic nitrogens is 1. The zero-order valence-corrected chi connectivity index (χ0v) is 11.2. The molecule has 19 heavy (non-hydrogen) atoms. The smallest absolute Gasteiger partial charge is 0.408 e. The number of urea groups is 1. The van der Waals surface area contributed by atoms with E-state index >= 15 is 0 Å². The fourth-order valence-electron chi connectivity index (χ4n) is 1.54. The number of anilines is 1. The Morgan fingerprint density at radius 2 is 2.11 bits per heavy atom. The molecule has 0 aliphatic rings.